The fourth-order valence-corrected chi connectivity index (χ4v) is 4.60. The predicted molar refractivity (Wildman–Crippen MR) is 94.9 cm³/mol. The third kappa shape index (κ3) is 4.24. The van der Waals surface area contributed by atoms with E-state index in [9.17, 15) is 4.79 Å². The zero-order valence-electron chi connectivity index (χ0n) is 13.4. The van der Waals surface area contributed by atoms with Crippen molar-refractivity contribution in [1.29, 1.82) is 0 Å². The Morgan fingerprint density at radius 3 is 2.64 bits per heavy atom. The normalized spacial score (nSPS) is 27.3. The van der Waals surface area contributed by atoms with Crippen molar-refractivity contribution in [2.45, 2.75) is 63.5 Å². The minimum atomic E-state index is 0. The highest BCUT2D eigenvalue weighted by atomic mass is 35.5. The fourth-order valence-electron chi connectivity index (χ4n) is 3.75. The number of rotatable bonds is 5. The van der Waals surface area contributed by atoms with E-state index in [0.717, 1.165) is 6.54 Å². The minimum absolute atomic E-state index is 0. The van der Waals surface area contributed by atoms with Crippen molar-refractivity contribution in [3.8, 4) is 0 Å². The molecule has 0 saturated carbocycles. The first-order chi connectivity index (χ1) is 10.0. The van der Waals surface area contributed by atoms with E-state index in [-0.39, 0.29) is 23.7 Å². The molecule has 2 fully saturated rings. The van der Waals surface area contributed by atoms with Gasteiger partial charge in [-0.1, -0.05) is 19.9 Å². The Labute approximate surface area is 143 Å². The van der Waals surface area contributed by atoms with Crippen LogP contribution in [0.4, 0.5) is 0 Å². The van der Waals surface area contributed by atoms with Crippen LogP contribution in [0.1, 0.15) is 50.8 Å². The molecule has 3 heterocycles. The molecule has 2 aliphatic heterocycles. The first kappa shape index (κ1) is 17.8. The largest absolute Gasteiger partial charge is 0.355 e. The Morgan fingerprint density at radius 2 is 2.05 bits per heavy atom. The van der Waals surface area contributed by atoms with Crippen molar-refractivity contribution in [2.24, 2.45) is 5.92 Å². The molecule has 2 saturated heterocycles. The summed E-state index contributed by atoms with van der Waals surface area (Å²) in [7, 11) is 0. The highest BCUT2D eigenvalue weighted by Gasteiger charge is 2.34. The summed E-state index contributed by atoms with van der Waals surface area (Å²) < 4.78 is 0. The Balaban J connectivity index is 0.00000176. The molecular formula is C17H27ClN2OS. The number of hydrogen-bond donors (Lipinski definition) is 2. The van der Waals surface area contributed by atoms with Crippen molar-refractivity contribution in [3.63, 3.8) is 0 Å². The van der Waals surface area contributed by atoms with Gasteiger partial charge in [0.05, 0.1) is 0 Å². The molecular weight excluding hydrogens is 316 g/mol. The molecule has 1 amide bonds. The first-order valence-corrected chi connectivity index (χ1v) is 8.97. The van der Waals surface area contributed by atoms with Gasteiger partial charge in [0.2, 0.25) is 5.91 Å². The van der Waals surface area contributed by atoms with Gasteiger partial charge < -0.3 is 10.6 Å². The van der Waals surface area contributed by atoms with Gasteiger partial charge in [-0.05, 0) is 43.0 Å². The van der Waals surface area contributed by atoms with Crippen LogP contribution in [0.3, 0.4) is 0 Å². The highest BCUT2D eigenvalue weighted by Crippen LogP contribution is 2.32. The van der Waals surface area contributed by atoms with Gasteiger partial charge in [-0.2, -0.15) is 0 Å². The van der Waals surface area contributed by atoms with Gasteiger partial charge in [0, 0.05) is 35.3 Å². The molecule has 0 aromatic carbocycles. The molecule has 1 aromatic heterocycles. The number of nitrogens with one attached hydrogen (secondary N) is 2. The molecule has 2 unspecified atom stereocenters. The second kappa shape index (κ2) is 7.33. The van der Waals surface area contributed by atoms with E-state index in [0.29, 0.717) is 24.4 Å². The lowest BCUT2D eigenvalue weighted by atomic mass is 9.88. The van der Waals surface area contributed by atoms with E-state index in [1.54, 1.807) is 11.3 Å². The number of carbonyl (C=O) groups is 1. The standard InChI is InChI=1S/C17H26N2OS.ClH/c1-17(2,15-4-3-7-21-15)11-18-16(20)10-12-8-13-5-6-14(9-12)19-13;/h3-4,7,12-14,19H,5-6,8-11H2,1-2H3,(H,18,20);1H. The van der Waals surface area contributed by atoms with Gasteiger partial charge in [0.15, 0.2) is 0 Å². The number of piperidine rings is 1. The SMILES string of the molecule is CC(C)(CNC(=O)CC1CC2CCC(C1)N2)c1cccs1.Cl. The number of fused-ring (bicyclic) bond motifs is 2. The summed E-state index contributed by atoms with van der Waals surface area (Å²) in [4.78, 5) is 13.6. The van der Waals surface area contributed by atoms with E-state index < -0.39 is 0 Å². The quantitative estimate of drug-likeness (QED) is 0.860. The van der Waals surface area contributed by atoms with Crippen LogP contribution >= 0.6 is 23.7 Å². The van der Waals surface area contributed by atoms with Crippen LogP contribution < -0.4 is 10.6 Å². The molecule has 1 aromatic rings. The highest BCUT2D eigenvalue weighted by molar-refractivity contribution is 7.10. The zero-order valence-corrected chi connectivity index (χ0v) is 15.1. The summed E-state index contributed by atoms with van der Waals surface area (Å²) in [6.45, 7) is 5.12. The van der Waals surface area contributed by atoms with Gasteiger partial charge >= 0.3 is 0 Å². The molecule has 22 heavy (non-hydrogen) atoms. The van der Waals surface area contributed by atoms with Crippen molar-refractivity contribution in [1.82, 2.24) is 10.6 Å². The molecule has 2 bridgehead atoms. The molecule has 3 rings (SSSR count). The molecule has 2 N–H and O–H groups in total. The first-order valence-electron chi connectivity index (χ1n) is 8.10. The second-order valence-corrected chi connectivity index (χ2v) is 8.27. The van der Waals surface area contributed by atoms with Crippen LogP contribution in [0.15, 0.2) is 17.5 Å². The lowest BCUT2D eigenvalue weighted by Gasteiger charge is -2.29. The maximum absolute atomic E-state index is 12.2. The van der Waals surface area contributed by atoms with Crippen molar-refractivity contribution in [3.05, 3.63) is 22.4 Å². The number of amides is 1. The van der Waals surface area contributed by atoms with Crippen molar-refractivity contribution in [2.75, 3.05) is 6.54 Å². The second-order valence-electron chi connectivity index (χ2n) is 7.32. The van der Waals surface area contributed by atoms with Gasteiger partial charge in [-0.15, -0.1) is 23.7 Å². The molecule has 124 valence electrons. The molecule has 3 nitrogen and oxygen atoms in total. The number of carbonyl (C=O) groups excluding carboxylic acids is 1. The number of halogens is 1. The van der Waals surface area contributed by atoms with Crippen LogP contribution in [-0.2, 0) is 10.2 Å². The van der Waals surface area contributed by atoms with Gasteiger partial charge in [-0.3, -0.25) is 4.79 Å². The Kier molecular flexibility index (Phi) is 5.92. The topological polar surface area (TPSA) is 41.1 Å². The molecule has 0 aliphatic carbocycles. The average Bonchev–Trinajstić information content (AvgIpc) is 3.07. The molecule has 2 aliphatic rings. The third-order valence-electron chi connectivity index (χ3n) is 4.96. The van der Waals surface area contributed by atoms with E-state index in [1.807, 2.05) is 0 Å². The molecule has 5 heteroatoms. The van der Waals surface area contributed by atoms with E-state index in [2.05, 4.69) is 42.0 Å². The number of thiophene rings is 1. The van der Waals surface area contributed by atoms with E-state index >= 15 is 0 Å². The van der Waals surface area contributed by atoms with Crippen LogP contribution in [-0.4, -0.2) is 24.5 Å². The van der Waals surface area contributed by atoms with Gasteiger partial charge in [0.1, 0.15) is 0 Å². The summed E-state index contributed by atoms with van der Waals surface area (Å²) in [6, 6.07) is 5.57. The maximum Gasteiger partial charge on any atom is 0.220 e. The van der Waals surface area contributed by atoms with E-state index in [4.69, 9.17) is 0 Å². The lowest BCUT2D eigenvalue weighted by molar-refractivity contribution is -0.122. The average molecular weight is 343 g/mol. The minimum Gasteiger partial charge on any atom is -0.355 e. The van der Waals surface area contributed by atoms with Crippen molar-refractivity contribution < 1.29 is 4.79 Å². The number of hydrogen-bond acceptors (Lipinski definition) is 3. The smallest absolute Gasteiger partial charge is 0.220 e. The van der Waals surface area contributed by atoms with Crippen LogP contribution in [0, 0.1) is 5.92 Å². The maximum atomic E-state index is 12.2. The summed E-state index contributed by atoms with van der Waals surface area (Å²) in [5, 5.41) is 8.89. The molecule has 0 spiro atoms. The fraction of sp³-hybridized carbons (Fsp3) is 0.706. The zero-order chi connectivity index (χ0) is 14.9. The Bertz CT molecular complexity index is 477. The third-order valence-corrected chi connectivity index (χ3v) is 6.20. The van der Waals surface area contributed by atoms with E-state index in [1.165, 1.54) is 30.6 Å². The summed E-state index contributed by atoms with van der Waals surface area (Å²) >= 11 is 1.77. The summed E-state index contributed by atoms with van der Waals surface area (Å²) in [6.07, 6.45) is 5.66. The molecule has 0 radical (unpaired) electrons. The molecule has 2 atom stereocenters. The summed E-state index contributed by atoms with van der Waals surface area (Å²) in [5.41, 5.74) is 0.0248. The van der Waals surface area contributed by atoms with Crippen LogP contribution in [0.5, 0.6) is 0 Å². The Morgan fingerprint density at radius 1 is 1.36 bits per heavy atom. The van der Waals surface area contributed by atoms with Gasteiger partial charge in [-0.25, -0.2) is 0 Å². The lowest BCUT2D eigenvalue weighted by Crippen LogP contribution is -2.41. The van der Waals surface area contributed by atoms with Crippen molar-refractivity contribution >= 4 is 29.7 Å². The van der Waals surface area contributed by atoms with Gasteiger partial charge in [0.25, 0.3) is 0 Å². The predicted octanol–water partition coefficient (Wildman–Crippen LogP) is 3.48. The van der Waals surface area contributed by atoms with Crippen LogP contribution in [0.25, 0.3) is 0 Å². The monoisotopic (exact) mass is 342 g/mol. The van der Waals surface area contributed by atoms with Crippen LogP contribution in [0.2, 0.25) is 0 Å². The Hall–Kier alpha value is -0.580. The summed E-state index contributed by atoms with van der Waals surface area (Å²) in [5.74, 6) is 0.805.